The quantitative estimate of drug-likeness (QED) is 0.391. The monoisotopic (exact) mass is 483 g/mol. The van der Waals surface area contributed by atoms with E-state index < -0.39 is 5.41 Å². The van der Waals surface area contributed by atoms with Gasteiger partial charge >= 0.3 is 0 Å². The van der Waals surface area contributed by atoms with Crippen molar-refractivity contribution in [1.29, 1.82) is 0 Å². The van der Waals surface area contributed by atoms with E-state index in [2.05, 4.69) is 20.8 Å². The van der Waals surface area contributed by atoms with Gasteiger partial charge in [-0.25, -0.2) is 0 Å². The lowest BCUT2D eigenvalue weighted by atomic mass is 9.72. The number of imide groups is 1. The maximum atomic E-state index is 12.5. The number of rotatable bonds is 7. The third-order valence-corrected chi connectivity index (χ3v) is 6.90. The van der Waals surface area contributed by atoms with Crippen molar-refractivity contribution in [2.24, 2.45) is 0 Å². The minimum atomic E-state index is -0.725. The van der Waals surface area contributed by atoms with Gasteiger partial charge in [-0.05, 0) is 48.7 Å². The van der Waals surface area contributed by atoms with E-state index in [-0.39, 0.29) is 23.5 Å². The normalized spacial score (nSPS) is 18.1. The van der Waals surface area contributed by atoms with Crippen LogP contribution in [0.3, 0.4) is 0 Å². The van der Waals surface area contributed by atoms with Crippen LogP contribution in [0.2, 0.25) is 5.02 Å². The van der Waals surface area contributed by atoms with Gasteiger partial charge in [0.1, 0.15) is 6.33 Å². The number of carbonyl (C=O) groups excluding carboxylic acids is 3. The van der Waals surface area contributed by atoms with Gasteiger partial charge in [-0.1, -0.05) is 48.5 Å². The van der Waals surface area contributed by atoms with Crippen molar-refractivity contribution in [2.75, 3.05) is 11.1 Å². The number of hydrogen-bond acceptors (Lipinski definition) is 6. The van der Waals surface area contributed by atoms with Crippen LogP contribution in [0, 0.1) is 0 Å². The van der Waals surface area contributed by atoms with E-state index in [0.29, 0.717) is 35.1 Å². The van der Waals surface area contributed by atoms with Crippen molar-refractivity contribution in [3.05, 3.63) is 65.4 Å². The van der Waals surface area contributed by atoms with Crippen LogP contribution in [0.15, 0.2) is 60.0 Å². The molecule has 0 spiro atoms. The Morgan fingerprint density at radius 1 is 1.24 bits per heavy atom. The summed E-state index contributed by atoms with van der Waals surface area (Å²) < 4.78 is 1.77. The van der Waals surface area contributed by atoms with Crippen LogP contribution in [0.5, 0.6) is 0 Å². The highest BCUT2D eigenvalue weighted by Gasteiger charge is 2.42. The maximum Gasteiger partial charge on any atom is 0.237 e. The lowest BCUT2D eigenvalue weighted by Crippen LogP contribution is -2.51. The van der Waals surface area contributed by atoms with Crippen LogP contribution in [0.25, 0.3) is 5.69 Å². The zero-order valence-electron chi connectivity index (χ0n) is 17.9. The second-order valence-corrected chi connectivity index (χ2v) is 9.07. The topological polar surface area (TPSA) is 106 Å². The third kappa shape index (κ3) is 4.94. The van der Waals surface area contributed by atoms with Gasteiger partial charge in [-0.15, -0.1) is 10.2 Å². The largest absolute Gasteiger partial charge is 0.325 e. The van der Waals surface area contributed by atoms with Crippen molar-refractivity contribution in [3.63, 3.8) is 0 Å². The number of benzene rings is 2. The summed E-state index contributed by atoms with van der Waals surface area (Å²) in [6.45, 7) is 1.93. The number of amides is 3. The molecule has 10 heteroatoms. The highest BCUT2D eigenvalue weighted by Crippen LogP contribution is 2.36. The molecule has 3 amide bonds. The predicted molar refractivity (Wildman–Crippen MR) is 127 cm³/mol. The standard InChI is InChI=1S/C23H22ClN5O3S/c1-2-23(11-10-19(30)27-21(23)32)15-6-8-17(9-7-15)26-20(31)13-33-22-28-25-14-29(22)18-5-3-4-16(24)12-18/h3-9,12,14H,2,10-11,13H2,1H3,(H,26,31)(H,27,30,32). The molecule has 8 nitrogen and oxygen atoms in total. The van der Waals surface area contributed by atoms with Gasteiger partial charge < -0.3 is 5.32 Å². The zero-order chi connectivity index (χ0) is 23.4. The Hall–Kier alpha value is -3.17. The molecule has 0 saturated carbocycles. The average molecular weight is 484 g/mol. The molecule has 1 unspecified atom stereocenters. The minimum Gasteiger partial charge on any atom is -0.325 e. The number of carbonyl (C=O) groups is 3. The van der Waals surface area contributed by atoms with Crippen molar-refractivity contribution >= 4 is 46.8 Å². The summed E-state index contributed by atoms with van der Waals surface area (Å²) in [5, 5.41) is 14.5. The molecule has 1 aromatic heterocycles. The van der Waals surface area contributed by atoms with E-state index in [9.17, 15) is 14.4 Å². The number of piperidine rings is 1. The van der Waals surface area contributed by atoms with Crippen molar-refractivity contribution in [3.8, 4) is 5.69 Å². The fraction of sp³-hybridized carbons (Fsp3) is 0.261. The molecule has 2 N–H and O–H groups in total. The molecule has 0 bridgehead atoms. The Bertz CT molecular complexity index is 1200. The molecule has 0 radical (unpaired) electrons. The van der Waals surface area contributed by atoms with E-state index in [1.54, 1.807) is 35.2 Å². The summed E-state index contributed by atoms with van der Waals surface area (Å²) in [5.41, 5.74) is 1.54. The van der Waals surface area contributed by atoms with E-state index >= 15 is 0 Å². The van der Waals surface area contributed by atoms with Crippen LogP contribution in [0.4, 0.5) is 5.69 Å². The number of anilines is 1. The molecular weight excluding hydrogens is 462 g/mol. The van der Waals surface area contributed by atoms with Gasteiger partial charge in [-0.2, -0.15) is 0 Å². The average Bonchev–Trinajstić information content (AvgIpc) is 3.28. The molecular formula is C23H22ClN5O3S. The van der Waals surface area contributed by atoms with E-state index in [0.717, 1.165) is 11.3 Å². The van der Waals surface area contributed by atoms with E-state index in [1.807, 2.05) is 31.2 Å². The second kappa shape index (κ2) is 9.76. The van der Waals surface area contributed by atoms with Crippen molar-refractivity contribution < 1.29 is 14.4 Å². The van der Waals surface area contributed by atoms with Gasteiger partial charge in [0.05, 0.1) is 16.9 Å². The summed E-state index contributed by atoms with van der Waals surface area (Å²) in [7, 11) is 0. The first-order chi connectivity index (χ1) is 15.9. The number of hydrogen-bond donors (Lipinski definition) is 2. The molecule has 170 valence electrons. The van der Waals surface area contributed by atoms with Crippen molar-refractivity contribution in [2.45, 2.75) is 36.8 Å². The van der Waals surface area contributed by atoms with Crippen LogP contribution in [-0.4, -0.2) is 38.2 Å². The van der Waals surface area contributed by atoms with Gasteiger partial charge in [0.2, 0.25) is 17.7 Å². The van der Waals surface area contributed by atoms with Gasteiger partial charge in [-0.3, -0.25) is 24.3 Å². The first-order valence-electron chi connectivity index (χ1n) is 10.4. The SMILES string of the molecule is CCC1(c2ccc(NC(=O)CSc3nncn3-c3cccc(Cl)c3)cc2)CCC(=O)NC1=O. The number of halogens is 1. The Labute approximate surface area is 200 Å². The number of thioether (sulfide) groups is 1. The molecule has 3 aromatic rings. The van der Waals surface area contributed by atoms with Gasteiger partial charge in [0, 0.05) is 17.1 Å². The van der Waals surface area contributed by atoms with Crippen LogP contribution in [0.1, 0.15) is 31.7 Å². The molecule has 2 heterocycles. The lowest BCUT2D eigenvalue weighted by molar-refractivity contribution is -0.138. The van der Waals surface area contributed by atoms with Gasteiger partial charge in [0.25, 0.3) is 0 Å². The summed E-state index contributed by atoms with van der Waals surface area (Å²) >= 11 is 7.32. The highest BCUT2D eigenvalue weighted by atomic mass is 35.5. The molecule has 4 rings (SSSR count). The second-order valence-electron chi connectivity index (χ2n) is 7.69. The molecule has 1 aliphatic rings. The number of aromatic nitrogens is 3. The maximum absolute atomic E-state index is 12.5. The first kappa shape index (κ1) is 23.0. The van der Waals surface area contributed by atoms with Crippen molar-refractivity contribution in [1.82, 2.24) is 20.1 Å². The van der Waals surface area contributed by atoms with Gasteiger partial charge in [0.15, 0.2) is 5.16 Å². The highest BCUT2D eigenvalue weighted by molar-refractivity contribution is 7.99. The smallest absolute Gasteiger partial charge is 0.237 e. The van der Waals surface area contributed by atoms with Crippen LogP contribution in [-0.2, 0) is 19.8 Å². The summed E-state index contributed by atoms with van der Waals surface area (Å²) in [6, 6.07) is 14.5. The molecule has 1 aliphatic heterocycles. The molecule has 1 fully saturated rings. The fourth-order valence-corrected chi connectivity index (χ4v) is 4.81. The zero-order valence-corrected chi connectivity index (χ0v) is 19.4. The summed E-state index contributed by atoms with van der Waals surface area (Å²) in [4.78, 5) is 36.6. The Morgan fingerprint density at radius 3 is 2.73 bits per heavy atom. The number of nitrogens with zero attached hydrogens (tertiary/aromatic N) is 3. The van der Waals surface area contributed by atoms with Crippen LogP contribution >= 0.6 is 23.4 Å². The fourth-order valence-electron chi connectivity index (χ4n) is 3.89. The molecule has 2 aromatic carbocycles. The number of nitrogens with one attached hydrogen (secondary N) is 2. The molecule has 33 heavy (non-hydrogen) atoms. The molecule has 1 saturated heterocycles. The van der Waals surface area contributed by atoms with E-state index in [1.165, 1.54) is 11.8 Å². The third-order valence-electron chi connectivity index (χ3n) is 5.73. The molecule has 1 atom stereocenters. The molecule has 0 aliphatic carbocycles. The first-order valence-corrected chi connectivity index (χ1v) is 11.8. The predicted octanol–water partition coefficient (Wildman–Crippen LogP) is 3.74. The van der Waals surface area contributed by atoms with E-state index in [4.69, 9.17) is 11.6 Å². The minimum absolute atomic E-state index is 0.143. The summed E-state index contributed by atoms with van der Waals surface area (Å²) in [6.07, 6.45) is 2.95. The summed E-state index contributed by atoms with van der Waals surface area (Å²) in [5.74, 6) is -0.556. The lowest BCUT2D eigenvalue weighted by Gasteiger charge is -2.35. The Kier molecular flexibility index (Phi) is 6.80. The Morgan fingerprint density at radius 2 is 2.03 bits per heavy atom. The Balaban J connectivity index is 1.39. The van der Waals surface area contributed by atoms with Crippen LogP contribution < -0.4 is 10.6 Å².